The number of halogens is 1. The Balaban J connectivity index is 1.73. The number of nitrogens with one attached hydrogen (secondary N) is 2. The van der Waals surface area contributed by atoms with Crippen molar-refractivity contribution in [1.82, 2.24) is 15.3 Å². The second-order valence-electron chi connectivity index (χ2n) is 6.11. The Hall–Kier alpha value is -2.18. The van der Waals surface area contributed by atoms with Crippen LogP contribution < -0.4 is 10.6 Å². The molecule has 1 aliphatic rings. The predicted molar refractivity (Wildman–Crippen MR) is 97.5 cm³/mol. The summed E-state index contributed by atoms with van der Waals surface area (Å²) in [5, 5.41) is 6.72. The quantitative estimate of drug-likeness (QED) is 0.854. The standard InChI is InChI=1S/C18H21ClN4O2/c1-11-5-6-13(19)8-15(11)23-17-9-16(21-12(2)22-17)18(24)20-10-14-4-3-7-25-14/h5-6,8-9,14H,3-4,7,10H2,1-2H3,(H,20,24)(H,21,22,23). The zero-order valence-electron chi connectivity index (χ0n) is 14.3. The number of anilines is 2. The van der Waals surface area contributed by atoms with Crippen LogP contribution in [0.15, 0.2) is 24.3 Å². The number of ether oxygens (including phenoxy) is 1. The zero-order chi connectivity index (χ0) is 17.8. The molecule has 2 N–H and O–H groups in total. The first-order chi connectivity index (χ1) is 12.0. The molecule has 1 atom stereocenters. The van der Waals surface area contributed by atoms with E-state index in [1.54, 1.807) is 13.0 Å². The number of rotatable bonds is 5. The molecule has 0 aliphatic carbocycles. The Morgan fingerprint density at radius 1 is 1.32 bits per heavy atom. The molecule has 2 heterocycles. The van der Waals surface area contributed by atoms with Crippen LogP contribution in [-0.2, 0) is 4.74 Å². The van der Waals surface area contributed by atoms with Crippen LogP contribution in [0.3, 0.4) is 0 Å². The number of carbonyl (C=O) groups is 1. The summed E-state index contributed by atoms with van der Waals surface area (Å²) in [6, 6.07) is 7.22. The van der Waals surface area contributed by atoms with Crippen molar-refractivity contribution in [2.45, 2.75) is 32.8 Å². The van der Waals surface area contributed by atoms with Gasteiger partial charge in [0, 0.05) is 29.9 Å². The number of amides is 1. The molecule has 1 fully saturated rings. The Kier molecular flexibility index (Phi) is 5.50. The van der Waals surface area contributed by atoms with E-state index in [1.807, 2.05) is 25.1 Å². The Bertz CT molecular complexity index is 776. The molecule has 1 saturated heterocycles. The highest BCUT2D eigenvalue weighted by atomic mass is 35.5. The fourth-order valence-corrected chi connectivity index (χ4v) is 2.89. The van der Waals surface area contributed by atoms with Crippen molar-refractivity contribution in [1.29, 1.82) is 0 Å². The molecule has 1 amide bonds. The molecule has 0 bridgehead atoms. The molecule has 132 valence electrons. The van der Waals surface area contributed by atoms with Crippen LogP contribution in [0.1, 0.15) is 34.7 Å². The minimum atomic E-state index is -0.230. The lowest BCUT2D eigenvalue weighted by molar-refractivity contribution is 0.0853. The number of aromatic nitrogens is 2. The lowest BCUT2D eigenvalue weighted by Crippen LogP contribution is -2.32. The van der Waals surface area contributed by atoms with E-state index >= 15 is 0 Å². The van der Waals surface area contributed by atoms with Gasteiger partial charge in [0.2, 0.25) is 0 Å². The first-order valence-electron chi connectivity index (χ1n) is 8.30. The summed E-state index contributed by atoms with van der Waals surface area (Å²) in [6.45, 7) is 4.99. The molecule has 0 radical (unpaired) electrons. The molecule has 2 aromatic rings. The highest BCUT2D eigenvalue weighted by Crippen LogP contribution is 2.23. The van der Waals surface area contributed by atoms with Crippen molar-refractivity contribution in [3.63, 3.8) is 0 Å². The third kappa shape index (κ3) is 4.67. The third-order valence-electron chi connectivity index (χ3n) is 4.05. The van der Waals surface area contributed by atoms with E-state index in [0.29, 0.717) is 28.9 Å². The van der Waals surface area contributed by atoms with Gasteiger partial charge in [0.1, 0.15) is 17.3 Å². The fourth-order valence-electron chi connectivity index (χ4n) is 2.72. The summed E-state index contributed by atoms with van der Waals surface area (Å²) >= 11 is 6.05. The number of hydrogen-bond donors (Lipinski definition) is 2. The highest BCUT2D eigenvalue weighted by molar-refractivity contribution is 6.30. The minimum absolute atomic E-state index is 0.0959. The van der Waals surface area contributed by atoms with Gasteiger partial charge < -0.3 is 15.4 Å². The number of aryl methyl sites for hydroxylation is 2. The van der Waals surface area contributed by atoms with Crippen molar-refractivity contribution >= 4 is 29.0 Å². The van der Waals surface area contributed by atoms with Gasteiger partial charge in [-0.05, 0) is 44.4 Å². The first kappa shape index (κ1) is 17.6. The van der Waals surface area contributed by atoms with E-state index in [0.717, 1.165) is 30.7 Å². The molecule has 0 spiro atoms. The number of nitrogens with zero attached hydrogens (tertiary/aromatic N) is 2. The van der Waals surface area contributed by atoms with E-state index in [1.165, 1.54) is 0 Å². The van der Waals surface area contributed by atoms with Crippen molar-refractivity contribution < 1.29 is 9.53 Å². The van der Waals surface area contributed by atoms with Crippen molar-refractivity contribution in [3.05, 3.63) is 46.4 Å². The van der Waals surface area contributed by atoms with Crippen LogP contribution >= 0.6 is 11.6 Å². The average Bonchev–Trinajstić information content (AvgIpc) is 3.09. The van der Waals surface area contributed by atoms with Gasteiger partial charge in [-0.15, -0.1) is 0 Å². The molecule has 7 heteroatoms. The molecular formula is C18H21ClN4O2. The van der Waals surface area contributed by atoms with Gasteiger partial charge in [0.15, 0.2) is 0 Å². The van der Waals surface area contributed by atoms with E-state index in [9.17, 15) is 4.79 Å². The molecule has 6 nitrogen and oxygen atoms in total. The number of benzene rings is 1. The van der Waals surface area contributed by atoms with Crippen LogP contribution in [0.5, 0.6) is 0 Å². The van der Waals surface area contributed by atoms with Crippen LogP contribution in [0.4, 0.5) is 11.5 Å². The molecule has 1 aromatic heterocycles. The van der Waals surface area contributed by atoms with Gasteiger partial charge in [-0.3, -0.25) is 4.79 Å². The summed E-state index contributed by atoms with van der Waals surface area (Å²) < 4.78 is 5.52. The second-order valence-corrected chi connectivity index (χ2v) is 6.55. The summed E-state index contributed by atoms with van der Waals surface area (Å²) in [6.07, 6.45) is 2.11. The third-order valence-corrected chi connectivity index (χ3v) is 4.28. The topological polar surface area (TPSA) is 76.1 Å². The monoisotopic (exact) mass is 360 g/mol. The van der Waals surface area contributed by atoms with Crippen molar-refractivity contribution in [3.8, 4) is 0 Å². The van der Waals surface area contributed by atoms with Gasteiger partial charge in [0.05, 0.1) is 6.10 Å². The van der Waals surface area contributed by atoms with Crippen molar-refractivity contribution in [2.24, 2.45) is 0 Å². The second kappa shape index (κ2) is 7.80. The predicted octanol–water partition coefficient (Wildman–Crippen LogP) is 3.40. The van der Waals surface area contributed by atoms with E-state index in [-0.39, 0.29) is 12.0 Å². The van der Waals surface area contributed by atoms with E-state index in [4.69, 9.17) is 16.3 Å². The Labute approximate surface area is 152 Å². The first-order valence-corrected chi connectivity index (χ1v) is 8.68. The molecule has 25 heavy (non-hydrogen) atoms. The van der Waals surface area contributed by atoms with Gasteiger partial charge in [-0.25, -0.2) is 9.97 Å². The maximum absolute atomic E-state index is 12.4. The normalized spacial score (nSPS) is 16.7. The van der Waals surface area contributed by atoms with E-state index in [2.05, 4.69) is 20.6 Å². The smallest absolute Gasteiger partial charge is 0.270 e. The number of carbonyl (C=O) groups excluding carboxylic acids is 1. The maximum atomic E-state index is 12.4. The minimum Gasteiger partial charge on any atom is -0.376 e. The van der Waals surface area contributed by atoms with Gasteiger partial charge in [-0.1, -0.05) is 17.7 Å². The van der Waals surface area contributed by atoms with Gasteiger partial charge in [-0.2, -0.15) is 0 Å². The Morgan fingerprint density at radius 2 is 2.16 bits per heavy atom. The molecule has 3 rings (SSSR count). The van der Waals surface area contributed by atoms with Crippen LogP contribution in [0, 0.1) is 13.8 Å². The molecular weight excluding hydrogens is 340 g/mol. The molecule has 1 aliphatic heterocycles. The highest BCUT2D eigenvalue weighted by Gasteiger charge is 2.18. The van der Waals surface area contributed by atoms with E-state index < -0.39 is 0 Å². The SMILES string of the molecule is Cc1nc(Nc2cc(Cl)ccc2C)cc(C(=O)NCC2CCCO2)n1. The Morgan fingerprint density at radius 3 is 2.92 bits per heavy atom. The van der Waals surface area contributed by atoms with Gasteiger partial charge >= 0.3 is 0 Å². The summed E-state index contributed by atoms with van der Waals surface area (Å²) in [5.74, 6) is 0.846. The molecule has 0 saturated carbocycles. The zero-order valence-corrected chi connectivity index (χ0v) is 15.1. The summed E-state index contributed by atoms with van der Waals surface area (Å²) in [7, 11) is 0. The van der Waals surface area contributed by atoms with Crippen LogP contribution in [-0.4, -0.2) is 35.1 Å². The van der Waals surface area contributed by atoms with Crippen LogP contribution in [0.2, 0.25) is 5.02 Å². The average molecular weight is 361 g/mol. The summed E-state index contributed by atoms with van der Waals surface area (Å²) in [5.41, 5.74) is 2.20. The number of hydrogen-bond acceptors (Lipinski definition) is 5. The fraction of sp³-hybridized carbons (Fsp3) is 0.389. The van der Waals surface area contributed by atoms with Crippen molar-refractivity contribution in [2.75, 3.05) is 18.5 Å². The molecule has 1 aromatic carbocycles. The largest absolute Gasteiger partial charge is 0.376 e. The van der Waals surface area contributed by atoms with Gasteiger partial charge in [0.25, 0.3) is 5.91 Å². The molecule has 1 unspecified atom stereocenters. The maximum Gasteiger partial charge on any atom is 0.270 e. The van der Waals surface area contributed by atoms with Crippen LogP contribution in [0.25, 0.3) is 0 Å². The lowest BCUT2D eigenvalue weighted by Gasteiger charge is -2.13. The lowest BCUT2D eigenvalue weighted by atomic mass is 10.2. The summed E-state index contributed by atoms with van der Waals surface area (Å²) in [4.78, 5) is 21.0.